The molecule has 3 aromatic rings. The maximum absolute atomic E-state index is 13.2. The Bertz CT molecular complexity index is 936. The van der Waals surface area contributed by atoms with Crippen molar-refractivity contribution in [2.75, 3.05) is 13.1 Å². The fraction of sp³-hybridized carbons (Fsp3) is 0.278. The molecule has 0 atom stereocenters. The van der Waals surface area contributed by atoms with Crippen molar-refractivity contribution in [1.82, 2.24) is 19.5 Å². The first-order valence-corrected chi connectivity index (χ1v) is 8.51. The van der Waals surface area contributed by atoms with Crippen molar-refractivity contribution < 1.29 is 9.18 Å². The standard InChI is InChI=1S/C18H16ClFN4O/c19-14-9-12(4-6-15(14)20)5-7-17(25)23-10-13(11-23)18-22-21-16-3-1-2-8-24(16)18/h1-4,6,8-9,13H,5,7,10-11H2. The van der Waals surface area contributed by atoms with Gasteiger partial charge in [-0.15, -0.1) is 10.2 Å². The molecular weight excluding hydrogens is 343 g/mol. The van der Waals surface area contributed by atoms with Crippen molar-refractivity contribution >= 4 is 23.2 Å². The molecule has 1 saturated heterocycles. The zero-order valence-corrected chi connectivity index (χ0v) is 14.2. The Morgan fingerprint density at radius 3 is 2.88 bits per heavy atom. The molecule has 1 aliphatic rings. The average Bonchev–Trinajstić information content (AvgIpc) is 2.99. The summed E-state index contributed by atoms with van der Waals surface area (Å²) in [6, 6.07) is 10.3. The molecule has 0 saturated carbocycles. The van der Waals surface area contributed by atoms with Gasteiger partial charge in [-0.25, -0.2) is 4.39 Å². The van der Waals surface area contributed by atoms with E-state index in [1.165, 1.54) is 6.07 Å². The first-order chi connectivity index (χ1) is 12.1. The van der Waals surface area contributed by atoms with E-state index in [4.69, 9.17) is 11.6 Å². The molecule has 3 heterocycles. The lowest BCUT2D eigenvalue weighted by molar-refractivity contribution is -0.135. The van der Waals surface area contributed by atoms with Crippen molar-refractivity contribution in [3.05, 3.63) is 64.8 Å². The third-order valence-electron chi connectivity index (χ3n) is 4.55. The Morgan fingerprint density at radius 2 is 2.08 bits per heavy atom. The minimum Gasteiger partial charge on any atom is -0.341 e. The number of aryl methyl sites for hydroxylation is 1. The van der Waals surface area contributed by atoms with Gasteiger partial charge in [0.1, 0.15) is 11.6 Å². The first-order valence-electron chi connectivity index (χ1n) is 8.13. The molecule has 1 aliphatic heterocycles. The summed E-state index contributed by atoms with van der Waals surface area (Å²) >= 11 is 5.77. The number of fused-ring (bicyclic) bond motifs is 1. The number of hydrogen-bond acceptors (Lipinski definition) is 3. The van der Waals surface area contributed by atoms with Crippen molar-refractivity contribution in [3.8, 4) is 0 Å². The van der Waals surface area contributed by atoms with Crippen LogP contribution in [0.25, 0.3) is 5.65 Å². The Labute approximate surface area is 149 Å². The highest BCUT2D eigenvalue weighted by Gasteiger charge is 2.34. The number of rotatable bonds is 4. The Balaban J connectivity index is 1.34. The number of aromatic nitrogens is 3. The summed E-state index contributed by atoms with van der Waals surface area (Å²) < 4.78 is 15.1. The number of benzene rings is 1. The van der Waals surface area contributed by atoms with E-state index in [0.29, 0.717) is 25.9 Å². The van der Waals surface area contributed by atoms with Crippen LogP contribution in [0.4, 0.5) is 4.39 Å². The van der Waals surface area contributed by atoms with E-state index >= 15 is 0 Å². The normalized spacial score (nSPS) is 14.7. The number of carbonyl (C=O) groups excluding carboxylic acids is 1. The van der Waals surface area contributed by atoms with E-state index in [-0.39, 0.29) is 16.8 Å². The van der Waals surface area contributed by atoms with Gasteiger partial charge in [-0.2, -0.15) is 0 Å². The number of likely N-dealkylation sites (tertiary alicyclic amines) is 1. The van der Waals surface area contributed by atoms with Crippen LogP contribution in [0.5, 0.6) is 0 Å². The van der Waals surface area contributed by atoms with E-state index in [9.17, 15) is 9.18 Å². The van der Waals surface area contributed by atoms with Crippen LogP contribution in [0.1, 0.15) is 23.7 Å². The Morgan fingerprint density at radius 1 is 1.24 bits per heavy atom. The lowest BCUT2D eigenvalue weighted by Crippen LogP contribution is -2.49. The molecule has 1 aromatic carbocycles. The second-order valence-corrected chi connectivity index (χ2v) is 6.64. The van der Waals surface area contributed by atoms with Crippen molar-refractivity contribution in [1.29, 1.82) is 0 Å². The molecule has 128 valence electrons. The summed E-state index contributed by atoms with van der Waals surface area (Å²) in [5.41, 5.74) is 1.68. The van der Waals surface area contributed by atoms with Gasteiger partial charge in [0.2, 0.25) is 5.91 Å². The predicted octanol–water partition coefficient (Wildman–Crippen LogP) is 3.08. The summed E-state index contributed by atoms with van der Waals surface area (Å²) in [7, 11) is 0. The van der Waals surface area contributed by atoms with Gasteiger partial charge in [0.25, 0.3) is 0 Å². The maximum atomic E-state index is 13.2. The molecule has 25 heavy (non-hydrogen) atoms. The predicted molar refractivity (Wildman–Crippen MR) is 92.0 cm³/mol. The van der Waals surface area contributed by atoms with Gasteiger partial charge in [0.05, 0.1) is 10.9 Å². The Kier molecular flexibility index (Phi) is 4.13. The van der Waals surface area contributed by atoms with Gasteiger partial charge >= 0.3 is 0 Å². The van der Waals surface area contributed by atoms with Gasteiger partial charge < -0.3 is 4.90 Å². The van der Waals surface area contributed by atoms with Gasteiger partial charge in [-0.05, 0) is 36.2 Å². The molecule has 0 radical (unpaired) electrons. The molecule has 2 aromatic heterocycles. The smallest absolute Gasteiger partial charge is 0.222 e. The van der Waals surface area contributed by atoms with Gasteiger partial charge in [0.15, 0.2) is 5.65 Å². The summed E-state index contributed by atoms with van der Waals surface area (Å²) in [5, 5.41) is 8.49. The summed E-state index contributed by atoms with van der Waals surface area (Å²) in [6.45, 7) is 1.30. The second-order valence-electron chi connectivity index (χ2n) is 6.23. The molecule has 0 bridgehead atoms. The van der Waals surface area contributed by atoms with Crippen LogP contribution in [0.2, 0.25) is 5.02 Å². The third kappa shape index (κ3) is 3.09. The SMILES string of the molecule is O=C(CCc1ccc(F)c(Cl)c1)N1CC(c2nnc3ccccn23)C1. The topological polar surface area (TPSA) is 50.5 Å². The molecule has 4 rings (SSSR count). The van der Waals surface area contributed by atoms with Crippen LogP contribution in [0, 0.1) is 5.82 Å². The van der Waals surface area contributed by atoms with E-state index in [0.717, 1.165) is 17.0 Å². The highest BCUT2D eigenvalue weighted by Crippen LogP contribution is 2.27. The number of nitrogens with zero attached hydrogens (tertiary/aromatic N) is 4. The fourth-order valence-corrected chi connectivity index (χ4v) is 3.29. The van der Waals surface area contributed by atoms with E-state index in [2.05, 4.69) is 10.2 Å². The van der Waals surface area contributed by atoms with Gasteiger partial charge in [-0.1, -0.05) is 23.7 Å². The van der Waals surface area contributed by atoms with Crippen molar-refractivity contribution in [3.63, 3.8) is 0 Å². The molecule has 0 N–H and O–H groups in total. The maximum Gasteiger partial charge on any atom is 0.222 e. The number of hydrogen-bond donors (Lipinski definition) is 0. The van der Waals surface area contributed by atoms with E-state index < -0.39 is 5.82 Å². The lowest BCUT2D eigenvalue weighted by atomic mass is 9.98. The quantitative estimate of drug-likeness (QED) is 0.720. The summed E-state index contributed by atoms with van der Waals surface area (Å²) in [4.78, 5) is 14.1. The van der Waals surface area contributed by atoms with Crippen LogP contribution in [-0.4, -0.2) is 38.5 Å². The third-order valence-corrected chi connectivity index (χ3v) is 4.84. The molecule has 5 nitrogen and oxygen atoms in total. The van der Waals surface area contributed by atoms with Crippen LogP contribution in [-0.2, 0) is 11.2 Å². The zero-order chi connectivity index (χ0) is 17.4. The molecule has 0 aliphatic carbocycles. The van der Waals surface area contributed by atoms with Crippen LogP contribution >= 0.6 is 11.6 Å². The van der Waals surface area contributed by atoms with Crippen molar-refractivity contribution in [2.45, 2.75) is 18.8 Å². The van der Waals surface area contributed by atoms with Crippen LogP contribution in [0.15, 0.2) is 42.6 Å². The first kappa shape index (κ1) is 16.0. The summed E-state index contributed by atoms with van der Waals surface area (Å²) in [6.07, 6.45) is 2.87. The number of pyridine rings is 1. The van der Waals surface area contributed by atoms with Gasteiger partial charge in [-0.3, -0.25) is 9.20 Å². The number of amides is 1. The second kappa shape index (κ2) is 6.44. The monoisotopic (exact) mass is 358 g/mol. The zero-order valence-electron chi connectivity index (χ0n) is 13.4. The van der Waals surface area contributed by atoms with Crippen molar-refractivity contribution in [2.24, 2.45) is 0 Å². The van der Waals surface area contributed by atoms with Gasteiger partial charge in [0, 0.05) is 25.7 Å². The molecular formula is C18H16ClFN4O. The molecule has 0 spiro atoms. The molecule has 1 amide bonds. The van der Waals surface area contributed by atoms with Crippen LogP contribution in [0.3, 0.4) is 0 Å². The minimum absolute atomic E-state index is 0.0884. The number of halogens is 2. The van der Waals surface area contributed by atoms with Crippen LogP contribution < -0.4 is 0 Å². The Hall–Kier alpha value is -2.47. The fourth-order valence-electron chi connectivity index (χ4n) is 3.09. The highest BCUT2D eigenvalue weighted by molar-refractivity contribution is 6.30. The molecule has 0 unspecified atom stereocenters. The molecule has 1 fully saturated rings. The molecule has 7 heteroatoms. The largest absolute Gasteiger partial charge is 0.341 e. The van der Waals surface area contributed by atoms with E-state index in [1.54, 1.807) is 12.1 Å². The number of carbonyl (C=O) groups is 1. The van der Waals surface area contributed by atoms with E-state index in [1.807, 2.05) is 33.7 Å². The minimum atomic E-state index is -0.442. The highest BCUT2D eigenvalue weighted by atomic mass is 35.5. The lowest BCUT2D eigenvalue weighted by Gasteiger charge is -2.38. The summed E-state index contributed by atoms with van der Waals surface area (Å²) in [5.74, 6) is 0.750. The average molecular weight is 359 g/mol.